The first-order valence-electron chi connectivity index (χ1n) is 15.5. The van der Waals surface area contributed by atoms with Crippen molar-refractivity contribution in [2.24, 2.45) is 11.6 Å². The summed E-state index contributed by atoms with van der Waals surface area (Å²) in [6, 6.07) is -6.65. The van der Waals surface area contributed by atoms with E-state index in [0.717, 1.165) is 0 Å². The largest absolute Gasteiger partial charge is 0.342 e. The number of carbonyl (C=O) groups is 1. The van der Waals surface area contributed by atoms with E-state index < -0.39 is 103 Å². The van der Waals surface area contributed by atoms with E-state index in [9.17, 15) is 4.79 Å². The van der Waals surface area contributed by atoms with Gasteiger partial charge in [-0.25, -0.2) is 0 Å². The highest BCUT2D eigenvalue weighted by molar-refractivity contribution is 5.92. The minimum absolute atomic E-state index is 0.913. The third kappa shape index (κ3) is 1.93. The van der Waals surface area contributed by atoms with Crippen molar-refractivity contribution in [1.82, 2.24) is 4.90 Å². The molecule has 1 aromatic rings. The van der Waals surface area contributed by atoms with Crippen LogP contribution in [0.4, 0.5) is 0 Å². The fourth-order valence-corrected chi connectivity index (χ4v) is 1.46. The second-order valence-electron chi connectivity index (χ2n) is 3.23. The van der Waals surface area contributed by atoms with Gasteiger partial charge in [0, 0.05) is 33.6 Å². The van der Waals surface area contributed by atoms with Crippen LogP contribution in [-0.4, -0.2) is 30.3 Å². The van der Waals surface area contributed by atoms with Gasteiger partial charge in [0.2, 0.25) is 5.91 Å². The Morgan fingerprint density at radius 1 is 1.72 bits per heavy atom. The lowest BCUT2D eigenvalue weighted by atomic mass is 9.91. The number of benzene rings is 1. The molecule has 3 heteroatoms. The summed E-state index contributed by atoms with van der Waals surface area (Å²) < 4.78 is 174. The predicted octanol–water partition coefficient (Wildman–Crippen LogP) is 1.77. The fraction of sp³-hybridized carbons (Fsp3) is 0.533. The number of likely N-dealkylation sites (N-methyl/N-ethyl adjacent to an activating group) is 1. The molecular weight excluding hydrogens is 224 g/mol. The molecule has 1 amide bonds. The van der Waals surface area contributed by atoms with Gasteiger partial charge in [0.05, 0.1) is 12.3 Å². The second kappa shape index (κ2) is 5.11. The Hall–Kier alpha value is -1.35. The highest BCUT2D eigenvalue weighted by Gasteiger charge is 2.61. The molecule has 2 atom stereocenters. The molecule has 0 saturated heterocycles. The Balaban J connectivity index is 3.31. The van der Waals surface area contributed by atoms with Crippen molar-refractivity contribution in [2.45, 2.75) is 25.5 Å². The summed E-state index contributed by atoms with van der Waals surface area (Å²) in [5.74, 6) is -6.59. The van der Waals surface area contributed by atoms with Gasteiger partial charge in [0.15, 0.2) is 0 Å². The summed E-state index contributed by atoms with van der Waals surface area (Å²) in [5.41, 5.74) is -6.49. The Kier molecular flexibility index (Phi) is 0.736. The Bertz CT molecular complexity index is 1160. The molecule has 3 nitrogen and oxygen atoms in total. The van der Waals surface area contributed by atoms with E-state index in [0.29, 0.717) is 0 Å². The van der Waals surface area contributed by atoms with Crippen molar-refractivity contribution in [3.63, 3.8) is 0 Å². The third-order valence-electron chi connectivity index (χ3n) is 2.36. The molecular formula is C15H22N2O. The van der Waals surface area contributed by atoms with Gasteiger partial charge in [-0.05, 0) is 38.0 Å². The molecule has 1 aromatic carbocycles. The van der Waals surface area contributed by atoms with Crippen LogP contribution in [0, 0.1) is 5.89 Å². The molecule has 1 aliphatic carbocycles. The summed E-state index contributed by atoms with van der Waals surface area (Å²) in [5, 5.41) is 0. The molecule has 1 saturated carbocycles. The van der Waals surface area contributed by atoms with Gasteiger partial charge in [-0.15, -0.1) is 0 Å². The molecule has 1 aliphatic rings. The lowest BCUT2D eigenvalue weighted by Crippen LogP contribution is -2.40. The van der Waals surface area contributed by atoms with Gasteiger partial charge in [0.25, 0.3) is 0 Å². The predicted molar refractivity (Wildman–Crippen MR) is 73.2 cm³/mol. The minimum atomic E-state index is -4.36. The van der Waals surface area contributed by atoms with E-state index in [4.69, 9.17) is 30.2 Å². The molecule has 0 spiro atoms. The fourth-order valence-electron chi connectivity index (χ4n) is 1.46. The minimum Gasteiger partial charge on any atom is -0.342 e. The molecule has 0 aromatic heterocycles. The van der Waals surface area contributed by atoms with Gasteiger partial charge >= 0.3 is 0 Å². The van der Waals surface area contributed by atoms with Gasteiger partial charge in [-0.3, -0.25) is 4.79 Å². The van der Waals surface area contributed by atoms with Crippen molar-refractivity contribution in [2.75, 3.05) is 19.5 Å². The van der Waals surface area contributed by atoms with Crippen LogP contribution in [0.1, 0.15) is 53.1 Å². The Morgan fingerprint density at radius 2 is 2.44 bits per heavy atom. The first-order valence-corrected chi connectivity index (χ1v) is 4.60. The molecule has 0 radical (unpaired) electrons. The van der Waals surface area contributed by atoms with E-state index in [-0.39, 0.29) is 0 Å². The van der Waals surface area contributed by atoms with Crippen molar-refractivity contribution < 1.29 is 35.0 Å². The lowest BCUT2D eigenvalue weighted by molar-refractivity contribution is -0.134. The summed E-state index contributed by atoms with van der Waals surface area (Å²) in [4.78, 5) is 13.2. The maximum atomic E-state index is 14.3. The molecule has 0 heterocycles. The lowest BCUT2D eigenvalue weighted by Gasteiger charge is -2.26. The number of hydrogen-bond acceptors (Lipinski definition) is 2. The van der Waals surface area contributed by atoms with E-state index in [1.54, 1.807) is 0 Å². The van der Waals surface area contributed by atoms with E-state index in [1.807, 2.05) is 0 Å². The van der Waals surface area contributed by atoms with Crippen molar-refractivity contribution in [3.05, 3.63) is 35.8 Å². The second-order valence-corrected chi connectivity index (χ2v) is 3.23. The molecule has 98 valence electrons. The average molecular weight is 268 g/mol. The zero-order valence-corrected chi connectivity index (χ0v) is 8.80. The quantitative estimate of drug-likeness (QED) is 0.855. The van der Waals surface area contributed by atoms with Crippen molar-refractivity contribution in [3.8, 4) is 0 Å². The van der Waals surface area contributed by atoms with Crippen LogP contribution in [0.5, 0.6) is 0 Å². The molecule has 2 rings (SSSR count). The normalized spacial score (nSPS) is 54.5. The van der Waals surface area contributed by atoms with Crippen LogP contribution in [0.2, 0.25) is 2.82 Å². The van der Waals surface area contributed by atoms with E-state index in [2.05, 4.69) is 0 Å². The number of carbonyl (C=O) groups excluding carboxylic acids is 1. The number of nitrogens with two attached hydrogens (primary N) is 1. The summed E-state index contributed by atoms with van der Waals surface area (Å²) in [6.45, 7) is -20.9. The van der Waals surface area contributed by atoms with Crippen molar-refractivity contribution in [1.29, 1.82) is 0 Å². The summed E-state index contributed by atoms with van der Waals surface area (Å²) in [7, 11) is 0. The molecule has 1 fully saturated rings. The molecule has 0 unspecified atom stereocenters. The van der Waals surface area contributed by atoms with Gasteiger partial charge in [-0.2, -0.15) is 0 Å². The summed E-state index contributed by atoms with van der Waals surface area (Å²) in [6.07, 6.45) is -3.91. The van der Waals surface area contributed by atoms with Crippen LogP contribution in [0.15, 0.2) is 30.2 Å². The van der Waals surface area contributed by atoms with Crippen LogP contribution in [-0.2, 0) is 10.2 Å². The molecule has 0 aliphatic heterocycles. The topological polar surface area (TPSA) is 46.3 Å². The van der Waals surface area contributed by atoms with E-state index in [1.165, 1.54) is 0 Å². The average Bonchev–Trinajstić information content (AvgIpc) is 3.17. The van der Waals surface area contributed by atoms with Gasteiger partial charge in [-0.1, -0.05) is 30.2 Å². The first-order chi connectivity index (χ1) is 17.4. The smallest absolute Gasteiger partial charge is 0.233 e. The van der Waals surface area contributed by atoms with E-state index >= 15 is 0 Å². The number of nitrogens with zero attached hydrogens (tertiary/aromatic N) is 1. The molecule has 2 N–H and O–H groups in total. The zero-order chi connectivity index (χ0) is 32.2. The summed E-state index contributed by atoms with van der Waals surface area (Å²) >= 11 is 0. The zero-order valence-electron chi connectivity index (χ0n) is 30.8. The van der Waals surface area contributed by atoms with Crippen molar-refractivity contribution >= 4 is 5.91 Å². The number of hydrogen-bond donors (Lipinski definition) is 1. The number of rotatable bonds is 6. The third-order valence-corrected chi connectivity index (χ3v) is 2.36. The van der Waals surface area contributed by atoms with Crippen LogP contribution in [0.25, 0.3) is 0 Å². The Labute approximate surface area is 140 Å². The highest BCUT2D eigenvalue weighted by Crippen LogP contribution is 2.54. The van der Waals surface area contributed by atoms with Crippen LogP contribution >= 0.6 is 0 Å². The van der Waals surface area contributed by atoms with Crippen LogP contribution < -0.4 is 5.72 Å². The van der Waals surface area contributed by atoms with Crippen LogP contribution in [0.3, 0.4) is 0 Å². The monoisotopic (exact) mass is 268 g/mol. The maximum absolute atomic E-state index is 14.3. The first kappa shape index (κ1) is 2.59. The van der Waals surface area contributed by atoms with Gasteiger partial charge < -0.3 is 10.6 Å². The maximum Gasteiger partial charge on any atom is 0.233 e. The highest BCUT2D eigenvalue weighted by atomic mass is 16.2. The molecule has 0 bridgehead atoms. The number of amides is 1. The molecule has 18 heavy (non-hydrogen) atoms. The van der Waals surface area contributed by atoms with Gasteiger partial charge in [0.1, 0.15) is 2.82 Å². The standard InChI is InChI=1S/C15H22N2O/c1-3-17(4-2)14(18)15(10-13(15)11-16)12-8-6-5-7-9-12/h5-9,13H,3-4,10-11,16H2,1-2H3/t13-,15+/m1/s1/i1D3,2D3,3D2,4D2,5D,6D,7D,8D,9D,10D2,11D2,13D/hD2. The SMILES string of the molecule is [2H]c1c([2H])c([2H])c([C@@]2(C(=O)N(C([2H])([2H])C([2H])([2H])[2H])C([2H])([2H])C([2H])([2H])[2H])C([2H])([2H])[C@]2([2H])C([2H])([2H])N([2H])[2H])c([2H])c1[2H]. The Morgan fingerprint density at radius 3 is 3.06 bits per heavy atom.